The summed E-state index contributed by atoms with van der Waals surface area (Å²) in [5.74, 6) is 0.884. The summed E-state index contributed by atoms with van der Waals surface area (Å²) in [6.07, 6.45) is 3.65. The van der Waals surface area contributed by atoms with E-state index in [9.17, 15) is 9.90 Å². The lowest BCUT2D eigenvalue weighted by atomic mass is 10.2. The summed E-state index contributed by atoms with van der Waals surface area (Å²) in [5.41, 5.74) is 2.23. The van der Waals surface area contributed by atoms with Crippen molar-refractivity contribution in [3.8, 4) is 11.5 Å². The molecule has 1 heterocycles. The Morgan fingerprint density at radius 3 is 2.31 bits per heavy atom. The zero-order chi connectivity index (χ0) is 21.6. The molecule has 29 heavy (non-hydrogen) atoms. The Morgan fingerprint density at radius 1 is 1.07 bits per heavy atom. The van der Waals surface area contributed by atoms with Crippen LogP contribution in [0, 0.1) is 0 Å². The van der Waals surface area contributed by atoms with Gasteiger partial charge in [-0.15, -0.1) is 0 Å². The van der Waals surface area contributed by atoms with Crippen molar-refractivity contribution in [3.63, 3.8) is 0 Å². The van der Waals surface area contributed by atoms with Gasteiger partial charge >= 0.3 is 13.8 Å². The summed E-state index contributed by atoms with van der Waals surface area (Å²) < 4.78 is 19.4. The molecule has 0 saturated heterocycles. The van der Waals surface area contributed by atoms with Crippen molar-refractivity contribution < 1.29 is 38.6 Å². The minimum absolute atomic E-state index is 0.200. The number of carboxylic acid groups (broad SMARTS) is 1. The molecule has 0 aliphatic rings. The normalized spacial score (nSPS) is 11.2. The van der Waals surface area contributed by atoms with Crippen LogP contribution in [-0.4, -0.2) is 49.9 Å². The molecule has 11 heteroatoms. The van der Waals surface area contributed by atoms with Gasteiger partial charge in [0.2, 0.25) is 0 Å². The summed E-state index contributed by atoms with van der Waals surface area (Å²) in [6.45, 7) is 0. The van der Waals surface area contributed by atoms with Crippen molar-refractivity contribution in [2.24, 2.45) is 0 Å². The molecule has 0 aliphatic heterocycles. The van der Waals surface area contributed by atoms with Gasteiger partial charge in [0.05, 0.1) is 30.8 Å². The highest BCUT2D eigenvalue weighted by molar-refractivity contribution is 7.45. The van der Waals surface area contributed by atoms with Crippen LogP contribution in [0.15, 0.2) is 36.4 Å². The summed E-state index contributed by atoms with van der Waals surface area (Å²) in [6, 6.07) is 10.6. The van der Waals surface area contributed by atoms with Gasteiger partial charge in [0.15, 0.2) is 11.5 Å². The lowest BCUT2D eigenvalue weighted by Crippen LogP contribution is -1.96. The molecule has 154 valence electrons. The molecule has 0 bridgehead atoms. The molecule has 0 unspecified atom stereocenters. The van der Waals surface area contributed by atoms with Gasteiger partial charge in [-0.25, -0.2) is 14.3 Å². The molecule has 0 fully saturated rings. The second-order valence-electron chi connectivity index (χ2n) is 5.59. The number of fused-ring (bicyclic) bond motifs is 1. The predicted molar refractivity (Wildman–Crippen MR) is 106 cm³/mol. The lowest BCUT2D eigenvalue weighted by Gasteiger charge is -2.07. The number of para-hydroxylation sites is 1. The van der Waals surface area contributed by atoms with Crippen LogP contribution in [0.4, 0.5) is 0 Å². The fourth-order valence-corrected chi connectivity index (χ4v) is 2.44. The van der Waals surface area contributed by atoms with Gasteiger partial charge in [-0.05, 0) is 35.9 Å². The number of aromatic amines is 1. The molecule has 0 aliphatic carbocycles. The van der Waals surface area contributed by atoms with Crippen LogP contribution in [0.2, 0.25) is 0 Å². The van der Waals surface area contributed by atoms with Gasteiger partial charge in [0.25, 0.3) is 0 Å². The molecular formula is C18H19N2O8P. The Hall–Kier alpha value is -3.17. The smallest absolute Gasteiger partial charge is 0.466 e. The van der Waals surface area contributed by atoms with Gasteiger partial charge < -0.3 is 34.2 Å². The molecule has 5 N–H and O–H groups in total. The number of carbonyl (C=O) groups is 1. The second-order valence-corrected chi connectivity index (χ2v) is 6.61. The third-order valence-corrected chi connectivity index (χ3v) is 3.61. The summed E-state index contributed by atoms with van der Waals surface area (Å²) >= 11 is 0. The van der Waals surface area contributed by atoms with Gasteiger partial charge in [-0.2, -0.15) is 0 Å². The number of hydrogen-bond acceptors (Lipinski definition) is 5. The van der Waals surface area contributed by atoms with Gasteiger partial charge in [-0.3, -0.25) is 0 Å². The van der Waals surface area contributed by atoms with E-state index in [0.717, 1.165) is 5.56 Å². The number of nitrogens with zero attached hydrogens (tertiary/aromatic N) is 1. The van der Waals surface area contributed by atoms with E-state index < -0.39 is 13.8 Å². The van der Waals surface area contributed by atoms with E-state index in [1.807, 2.05) is 24.3 Å². The number of aromatic nitrogens is 2. The quantitative estimate of drug-likeness (QED) is 0.389. The van der Waals surface area contributed by atoms with Crippen molar-refractivity contribution in [1.82, 2.24) is 9.97 Å². The van der Waals surface area contributed by atoms with Crippen LogP contribution in [0.5, 0.6) is 11.5 Å². The van der Waals surface area contributed by atoms with E-state index in [0.29, 0.717) is 28.4 Å². The number of rotatable bonds is 5. The number of H-pyrrole nitrogens is 1. The Kier molecular flexibility index (Phi) is 7.13. The number of aromatic carboxylic acids is 1. The van der Waals surface area contributed by atoms with E-state index in [1.54, 1.807) is 38.5 Å². The van der Waals surface area contributed by atoms with E-state index in [4.69, 9.17) is 28.7 Å². The van der Waals surface area contributed by atoms with Crippen LogP contribution < -0.4 is 9.47 Å². The molecule has 3 rings (SSSR count). The Labute approximate surface area is 165 Å². The molecule has 1 aromatic heterocycles. The minimum atomic E-state index is -4.64. The van der Waals surface area contributed by atoms with Gasteiger partial charge in [0.1, 0.15) is 5.82 Å². The maximum absolute atomic E-state index is 11.2. The molecule has 10 nitrogen and oxygen atoms in total. The molecule has 3 aromatic rings. The standard InChI is InChI=1S/C18H16N2O4.H3O4P/c1-23-14-8-6-11(10-15(14)24-2)7-9-16-19-13-5-3-4-12(18(21)22)17(13)20-16;1-5(2,3)4/h3-10H,1-2H3,(H,19,20)(H,21,22);(H3,1,2,3,4). The number of phosphoric acid groups is 1. The summed E-state index contributed by atoms with van der Waals surface area (Å²) in [5, 5.41) is 9.22. The molecule has 0 atom stereocenters. The van der Waals surface area contributed by atoms with Crippen molar-refractivity contribution in [2.45, 2.75) is 0 Å². The number of methoxy groups -OCH3 is 2. The highest BCUT2D eigenvalue weighted by Gasteiger charge is 2.11. The first-order chi connectivity index (χ1) is 13.6. The van der Waals surface area contributed by atoms with Gasteiger partial charge in [0, 0.05) is 0 Å². The first-order valence-corrected chi connectivity index (χ1v) is 9.59. The van der Waals surface area contributed by atoms with Crippen LogP contribution in [0.1, 0.15) is 21.7 Å². The zero-order valence-electron chi connectivity index (χ0n) is 15.4. The summed E-state index contributed by atoms with van der Waals surface area (Å²) in [4.78, 5) is 40.2. The monoisotopic (exact) mass is 422 g/mol. The van der Waals surface area contributed by atoms with Crippen LogP contribution in [-0.2, 0) is 4.57 Å². The van der Waals surface area contributed by atoms with Gasteiger partial charge in [-0.1, -0.05) is 18.2 Å². The average Bonchev–Trinajstić information content (AvgIpc) is 3.07. The highest BCUT2D eigenvalue weighted by atomic mass is 31.2. The number of ether oxygens (including phenoxy) is 2. The minimum Gasteiger partial charge on any atom is -0.493 e. The van der Waals surface area contributed by atoms with E-state index in [1.165, 1.54) is 0 Å². The zero-order valence-corrected chi connectivity index (χ0v) is 16.3. The molecule has 0 saturated carbocycles. The maximum atomic E-state index is 11.2. The number of nitrogens with one attached hydrogen (secondary N) is 1. The van der Waals surface area contributed by atoms with Crippen molar-refractivity contribution in [3.05, 3.63) is 53.3 Å². The van der Waals surface area contributed by atoms with E-state index >= 15 is 0 Å². The number of hydrogen-bond donors (Lipinski definition) is 5. The fraction of sp³-hybridized carbons (Fsp3) is 0.111. The third kappa shape index (κ3) is 6.44. The Balaban J connectivity index is 0.000000537. The van der Waals surface area contributed by atoms with Crippen LogP contribution >= 0.6 is 7.82 Å². The van der Waals surface area contributed by atoms with Crippen LogP contribution in [0.25, 0.3) is 23.2 Å². The molecular weight excluding hydrogens is 403 g/mol. The van der Waals surface area contributed by atoms with Crippen molar-refractivity contribution >= 4 is 37.0 Å². The summed E-state index contributed by atoms with van der Waals surface area (Å²) in [7, 11) is -1.47. The largest absolute Gasteiger partial charge is 0.493 e. The number of imidazole rings is 1. The fourth-order valence-electron chi connectivity index (χ4n) is 2.44. The Morgan fingerprint density at radius 2 is 1.72 bits per heavy atom. The predicted octanol–water partition coefficient (Wildman–Crippen LogP) is 2.52. The Bertz CT molecular complexity index is 1080. The first kappa shape index (κ1) is 22.1. The van der Waals surface area contributed by atoms with Crippen molar-refractivity contribution in [1.29, 1.82) is 0 Å². The SMILES string of the molecule is COc1ccc(C=Cc2nc3cccc(C(=O)O)c3[nH]2)cc1OC.O=P(O)(O)O. The topological polar surface area (TPSA) is 162 Å². The first-order valence-electron chi connectivity index (χ1n) is 8.02. The maximum Gasteiger partial charge on any atom is 0.466 e. The molecule has 0 radical (unpaired) electrons. The molecule has 0 amide bonds. The van der Waals surface area contributed by atoms with E-state index in [2.05, 4.69) is 9.97 Å². The average molecular weight is 422 g/mol. The number of carboxylic acids is 1. The third-order valence-electron chi connectivity index (χ3n) is 3.61. The number of benzene rings is 2. The second kappa shape index (κ2) is 9.35. The van der Waals surface area contributed by atoms with Crippen LogP contribution in [0.3, 0.4) is 0 Å². The highest BCUT2D eigenvalue weighted by Crippen LogP contribution is 2.28. The molecule has 0 spiro atoms. The molecule has 2 aromatic carbocycles. The lowest BCUT2D eigenvalue weighted by molar-refractivity contribution is 0.0698. The van der Waals surface area contributed by atoms with E-state index in [-0.39, 0.29) is 5.56 Å². The van der Waals surface area contributed by atoms with Crippen molar-refractivity contribution in [2.75, 3.05) is 14.2 Å².